The van der Waals surface area contributed by atoms with Crippen LogP contribution in [0.25, 0.3) is 0 Å². The summed E-state index contributed by atoms with van der Waals surface area (Å²) in [7, 11) is 0. The molecule has 0 atom stereocenters. The first-order chi connectivity index (χ1) is 8.61. The highest BCUT2D eigenvalue weighted by Gasteiger charge is 2.30. The van der Waals surface area contributed by atoms with Crippen LogP contribution in [0.2, 0.25) is 0 Å². The second-order valence-corrected chi connectivity index (χ2v) is 5.16. The molecule has 2 aliphatic rings. The van der Waals surface area contributed by atoms with E-state index in [1.54, 1.807) is 0 Å². The van der Waals surface area contributed by atoms with E-state index in [1.807, 2.05) is 6.92 Å². The van der Waals surface area contributed by atoms with Gasteiger partial charge in [-0.3, -0.25) is 19.3 Å². The summed E-state index contributed by atoms with van der Waals surface area (Å²) < 4.78 is 0. The zero-order chi connectivity index (χ0) is 13.1. The van der Waals surface area contributed by atoms with Crippen molar-refractivity contribution in [2.75, 3.05) is 6.54 Å². The third-order valence-corrected chi connectivity index (χ3v) is 3.99. The minimum Gasteiger partial charge on any atom is -0.299 e. The Bertz CT molecular complexity index is 374. The van der Waals surface area contributed by atoms with Crippen molar-refractivity contribution in [3.63, 3.8) is 0 Å². The monoisotopic (exact) mass is 249 g/mol. The van der Waals surface area contributed by atoms with Gasteiger partial charge < -0.3 is 0 Å². The molecule has 98 valence electrons. The van der Waals surface area contributed by atoms with Crippen molar-refractivity contribution in [1.82, 2.24) is 4.90 Å². The van der Waals surface area contributed by atoms with Crippen molar-refractivity contribution >= 4 is 17.6 Å². The number of carbonyl (C=O) groups is 3. The van der Waals surface area contributed by atoms with E-state index >= 15 is 0 Å². The zero-order valence-corrected chi connectivity index (χ0v) is 10.7. The normalized spacial score (nSPS) is 27.9. The van der Waals surface area contributed by atoms with Gasteiger partial charge in [-0.15, -0.1) is 0 Å². The molecule has 0 saturated heterocycles. The van der Waals surface area contributed by atoms with Crippen molar-refractivity contribution in [3.8, 4) is 0 Å². The lowest BCUT2D eigenvalue weighted by atomic mass is 9.79. The van der Waals surface area contributed by atoms with Crippen molar-refractivity contribution in [1.29, 1.82) is 0 Å². The van der Waals surface area contributed by atoms with Crippen LogP contribution in [0.3, 0.4) is 0 Å². The van der Waals surface area contributed by atoms with Crippen LogP contribution >= 0.6 is 0 Å². The molecule has 1 aliphatic heterocycles. The third-order valence-electron chi connectivity index (χ3n) is 3.99. The van der Waals surface area contributed by atoms with Crippen molar-refractivity contribution in [2.24, 2.45) is 11.8 Å². The molecule has 2 rings (SSSR count). The van der Waals surface area contributed by atoms with E-state index in [2.05, 4.69) is 0 Å². The first-order valence-electron chi connectivity index (χ1n) is 6.68. The predicted octanol–water partition coefficient (Wildman–Crippen LogP) is 1.70. The number of hydrogen-bond acceptors (Lipinski definition) is 3. The second-order valence-electron chi connectivity index (χ2n) is 5.16. The first kappa shape index (κ1) is 13.0. The van der Waals surface area contributed by atoms with Crippen LogP contribution in [0.1, 0.15) is 39.0 Å². The molecule has 1 saturated carbocycles. The van der Waals surface area contributed by atoms with Gasteiger partial charge in [0.15, 0.2) is 0 Å². The number of Topliss-reactive ketones (excluding diaryl/α,β-unsaturated/α-hetero) is 1. The van der Waals surface area contributed by atoms with Crippen LogP contribution in [0.15, 0.2) is 12.2 Å². The highest BCUT2D eigenvalue weighted by Crippen LogP contribution is 2.30. The van der Waals surface area contributed by atoms with Gasteiger partial charge in [-0.1, -0.05) is 6.92 Å². The number of rotatable bonds is 4. The van der Waals surface area contributed by atoms with Crippen molar-refractivity contribution < 1.29 is 14.4 Å². The fourth-order valence-corrected chi connectivity index (χ4v) is 2.82. The summed E-state index contributed by atoms with van der Waals surface area (Å²) in [6, 6.07) is 0. The van der Waals surface area contributed by atoms with Gasteiger partial charge in [-0.2, -0.15) is 0 Å². The minimum absolute atomic E-state index is 0.202. The Hall–Kier alpha value is -1.45. The average molecular weight is 249 g/mol. The maximum Gasteiger partial charge on any atom is 0.253 e. The SMILES string of the molecule is CCC(=O)C1CCC(CN2C(=O)C=CC2=O)CC1. The summed E-state index contributed by atoms with van der Waals surface area (Å²) >= 11 is 0. The number of amides is 2. The molecule has 0 aromatic heterocycles. The number of nitrogens with zero attached hydrogens (tertiary/aromatic N) is 1. The molecule has 1 aliphatic carbocycles. The topological polar surface area (TPSA) is 54.5 Å². The van der Waals surface area contributed by atoms with Crippen LogP contribution in [0.4, 0.5) is 0 Å². The summed E-state index contributed by atoms with van der Waals surface area (Å²) in [5.41, 5.74) is 0. The Morgan fingerprint density at radius 1 is 1.17 bits per heavy atom. The van der Waals surface area contributed by atoms with Crippen LogP contribution in [-0.2, 0) is 14.4 Å². The van der Waals surface area contributed by atoms with Crippen LogP contribution in [0.5, 0.6) is 0 Å². The van der Waals surface area contributed by atoms with Gasteiger partial charge in [0.05, 0.1) is 0 Å². The van der Waals surface area contributed by atoms with E-state index < -0.39 is 0 Å². The Morgan fingerprint density at radius 2 is 1.72 bits per heavy atom. The average Bonchev–Trinajstić information content (AvgIpc) is 2.70. The molecule has 0 radical (unpaired) electrons. The van der Waals surface area contributed by atoms with Gasteiger partial charge in [-0.25, -0.2) is 0 Å². The Kier molecular flexibility index (Phi) is 3.94. The van der Waals surface area contributed by atoms with Crippen LogP contribution in [0, 0.1) is 11.8 Å². The molecule has 18 heavy (non-hydrogen) atoms. The molecular formula is C14H19NO3. The Labute approximate surface area is 107 Å². The predicted molar refractivity (Wildman–Crippen MR) is 66.6 cm³/mol. The molecule has 1 fully saturated rings. The molecule has 0 aromatic rings. The second kappa shape index (κ2) is 5.46. The molecule has 4 nitrogen and oxygen atoms in total. The molecule has 0 aromatic carbocycles. The van der Waals surface area contributed by atoms with E-state index in [0.29, 0.717) is 24.7 Å². The lowest BCUT2D eigenvalue weighted by molar-refractivity contribution is -0.138. The first-order valence-corrected chi connectivity index (χ1v) is 6.68. The minimum atomic E-state index is -0.202. The lowest BCUT2D eigenvalue weighted by Crippen LogP contribution is -2.36. The molecule has 0 N–H and O–H groups in total. The summed E-state index contributed by atoms with van der Waals surface area (Å²) in [6.45, 7) is 2.42. The molecule has 4 heteroatoms. The summed E-state index contributed by atoms with van der Waals surface area (Å²) in [5, 5.41) is 0. The van der Waals surface area contributed by atoms with E-state index in [-0.39, 0.29) is 17.7 Å². The fraction of sp³-hybridized carbons (Fsp3) is 0.643. The van der Waals surface area contributed by atoms with Crippen LogP contribution in [-0.4, -0.2) is 29.0 Å². The number of carbonyl (C=O) groups excluding carboxylic acids is 3. The Balaban J connectivity index is 1.82. The van der Waals surface area contributed by atoms with Gasteiger partial charge in [0.2, 0.25) is 0 Å². The standard InChI is InChI=1S/C14H19NO3/c1-2-12(16)11-5-3-10(4-6-11)9-15-13(17)7-8-14(15)18/h7-8,10-11H,2-6,9H2,1H3. The molecule has 0 spiro atoms. The van der Waals surface area contributed by atoms with Crippen LogP contribution < -0.4 is 0 Å². The van der Waals surface area contributed by atoms with Crippen molar-refractivity contribution in [3.05, 3.63) is 12.2 Å². The molecule has 2 amide bonds. The molecule has 0 bridgehead atoms. The third kappa shape index (κ3) is 2.68. The maximum atomic E-state index is 11.6. The van der Waals surface area contributed by atoms with Gasteiger partial charge in [0.1, 0.15) is 5.78 Å². The fourth-order valence-electron chi connectivity index (χ4n) is 2.82. The van der Waals surface area contributed by atoms with Crippen molar-refractivity contribution in [2.45, 2.75) is 39.0 Å². The number of ketones is 1. The summed E-state index contributed by atoms with van der Waals surface area (Å²) in [4.78, 5) is 35.8. The quantitative estimate of drug-likeness (QED) is 0.712. The van der Waals surface area contributed by atoms with Gasteiger partial charge in [-0.05, 0) is 31.6 Å². The van der Waals surface area contributed by atoms with Gasteiger partial charge in [0, 0.05) is 31.0 Å². The molecular weight excluding hydrogens is 230 g/mol. The summed E-state index contributed by atoms with van der Waals surface area (Å²) in [5.74, 6) is 0.509. The Morgan fingerprint density at radius 3 is 2.22 bits per heavy atom. The maximum absolute atomic E-state index is 11.6. The van der Waals surface area contributed by atoms with E-state index in [4.69, 9.17) is 0 Å². The molecule has 1 heterocycles. The lowest BCUT2D eigenvalue weighted by Gasteiger charge is -2.29. The van der Waals surface area contributed by atoms with Gasteiger partial charge >= 0.3 is 0 Å². The zero-order valence-electron chi connectivity index (χ0n) is 10.7. The van der Waals surface area contributed by atoms with Gasteiger partial charge in [0.25, 0.3) is 11.8 Å². The number of hydrogen-bond donors (Lipinski definition) is 0. The number of imide groups is 1. The smallest absolute Gasteiger partial charge is 0.253 e. The van der Waals surface area contributed by atoms with E-state index in [9.17, 15) is 14.4 Å². The highest BCUT2D eigenvalue weighted by molar-refractivity contribution is 6.12. The summed E-state index contributed by atoms with van der Waals surface area (Å²) in [6.07, 6.45) is 6.95. The van der Waals surface area contributed by atoms with E-state index in [0.717, 1.165) is 25.7 Å². The largest absolute Gasteiger partial charge is 0.299 e. The molecule has 0 unspecified atom stereocenters. The van der Waals surface area contributed by atoms with E-state index in [1.165, 1.54) is 17.1 Å². The highest BCUT2D eigenvalue weighted by atomic mass is 16.2.